The van der Waals surface area contributed by atoms with Gasteiger partial charge in [0, 0.05) is 11.1 Å². The zero-order chi connectivity index (χ0) is 17.5. The average molecular weight is 330 g/mol. The van der Waals surface area contributed by atoms with Crippen LogP contribution in [-0.2, 0) is 0 Å². The van der Waals surface area contributed by atoms with E-state index in [1.807, 2.05) is 0 Å². The lowest BCUT2D eigenvalue weighted by molar-refractivity contribution is 0.0954. The summed E-state index contributed by atoms with van der Waals surface area (Å²) in [6, 6.07) is 9.38. The zero-order valence-corrected chi connectivity index (χ0v) is 13.6. The molecule has 0 saturated heterocycles. The average Bonchev–Trinajstić information content (AvgIpc) is 2.60. The van der Waals surface area contributed by atoms with Crippen LogP contribution in [0.25, 0.3) is 0 Å². The van der Waals surface area contributed by atoms with Crippen LogP contribution in [0.2, 0.25) is 0 Å². The van der Waals surface area contributed by atoms with Crippen molar-refractivity contribution in [2.24, 2.45) is 5.10 Å². The van der Waals surface area contributed by atoms with Gasteiger partial charge in [-0.1, -0.05) is 6.07 Å². The second-order valence-electron chi connectivity index (χ2n) is 4.71. The van der Waals surface area contributed by atoms with Crippen LogP contribution in [0, 0.1) is 0 Å². The van der Waals surface area contributed by atoms with Crippen LogP contribution in [0.4, 0.5) is 0 Å². The minimum atomic E-state index is -0.436. The molecule has 0 bridgehead atoms. The standard InChI is InChI=1S/C17H18N2O5/c1-22-14-7-11(8-15(23-2)16(14)24-3)10-18-19-17(21)12-5-4-6-13(20)9-12/h4-10,20H,1-3H3,(H,19,21)/b18-10-. The van der Waals surface area contributed by atoms with Gasteiger partial charge in [0.2, 0.25) is 5.75 Å². The molecule has 7 nitrogen and oxygen atoms in total. The Kier molecular flexibility index (Phi) is 5.62. The van der Waals surface area contributed by atoms with E-state index in [2.05, 4.69) is 10.5 Å². The summed E-state index contributed by atoms with van der Waals surface area (Å²) in [5.41, 5.74) is 3.34. The molecule has 0 radical (unpaired) electrons. The fraction of sp³-hybridized carbons (Fsp3) is 0.176. The van der Waals surface area contributed by atoms with E-state index in [1.165, 1.54) is 39.7 Å². The number of benzene rings is 2. The van der Waals surface area contributed by atoms with Crippen molar-refractivity contribution in [3.63, 3.8) is 0 Å². The molecule has 0 heterocycles. The van der Waals surface area contributed by atoms with Crippen molar-refractivity contribution < 1.29 is 24.1 Å². The molecule has 0 aliphatic carbocycles. The molecule has 126 valence electrons. The Labute approximate surface area is 139 Å². The first-order chi connectivity index (χ1) is 11.6. The number of nitrogens with zero attached hydrogens (tertiary/aromatic N) is 1. The predicted octanol–water partition coefficient (Wildman–Crippen LogP) is 2.18. The van der Waals surface area contributed by atoms with Gasteiger partial charge in [-0.25, -0.2) is 5.43 Å². The van der Waals surface area contributed by atoms with Gasteiger partial charge in [0.15, 0.2) is 11.5 Å². The highest BCUT2D eigenvalue weighted by molar-refractivity contribution is 5.95. The number of hydrogen-bond acceptors (Lipinski definition) is 6. The molecule has 0 atom stereocenters. The Morgan fingerprint density at radius 3 is 2.29 bits per heavy atom. The van der Waals surface area contributed by atoms with Gasteiger partial charge in [0.05, 0.1) is 27.5 Å². The normalized spacial score (nSPS) is 10.5. The number of aromatic hydroxyl groups is 1. The maximum Gasteiger partial charge on any atom is 0.271 e. The minimum Gasteiger partial charge on any atom is -0.508 e. The van der Waals surface area contributed by atoms with Crippen LogP contribution in [0.1, 0.15) is 15.9 Å². The number of carbonyl (C=O) groups excluding carboxylic acids is 1. The third-order valence-corrected chi connectivity index (χ3v) is 3.18. The molecule has 2 N–H and O–H groups in total. The number of ether oxygens (including phenoxy) is 3. The fourth-order valence-electron chi connectivity index (χ4n) is 2.05. The molecule has 0 aromatic heterocycles. The van der Waals surface area contributed by atoms with Crippen LogP contribution in [0.15, 0.2) is 41.5 Å². The largest absolute Gasteiger partial charge is 0.508 e. The summed E-state index contributed by atoms with van der Waals surface area (Å²) >= 11 is 0. The third kappa shape index (κ3) is 3.95. The van der Waals surface area contributed by atoms with Gasteiger partial charge in [-0.3, -0.25) is 4.79 Å². The van der Waals surface area contributed by atoms with E-state index in [0.29, 0.717) is 28.4 Å². The van der Waals surface area contributed by atoms with Gasteiger partial charge in [-0.15, -0.1) is 0 Å². The molecule has 0 saturated carbocycles. The number of hydrogen-bond donors (Lipinski definition) is 2. The van der Waals surface area contributed by atoms with Crippen molar-refractivity contribution in [3.05, 3.63) is 47.5 Å². The molecule has 2 aromatic carbocycles. The van der Waals surface area contributed by atoms with Crippen LogP contribution >= 0.6 is 0 Å². The third-order valence-electron chi connectivity index (χ3n) is 3.18. The molecule has 2 aromatic rings. The number of amides is 1. The lowest BCUT2D eigenvalue weighted by Crippen LogP contribution is -2.17. The lowest BCUT2D eigenvalue weighted by Gasteiger charge is -2.12. The Bertz CT molecular complexity index is 733. The highest BCUT2D eigenvalue weighted by Gasteiger charge is 2.12. The quantitative estimate of drug-likeness (QED) is 0.626. The smallest absolute Gasteiger partial charge is 0.271 e. The van der Waals surface area contributed by atoms with Gasteiger partial charge in [0.1, 0.15) is 5.75 Å². The van der Waals surface area contributed by atoms with Gasteiger partial charge < -0.3 is 19.3 Å². The summed E-state index contributed by atoms with van der Waals surface area (Å²) in [5, 5.41) is 13.3. The molecule has 0 fully saturated rings. The number of rotatable bonds is 6. The summed E-state index contributed by atoms with van der Waals surface area (Å²) in [7, 11) is 4.55. The number of nitrogens with one attached hydrogen (secondary N) is 1. The first kappa shape index (κ1) is 17.1. The van der Waals surface area contributed by atoms with Gasteiger partial charge in [-0.2, -0.15) is 5.10 Å². The highest BCUT2D eigenvalue weighted by Crippen LogP contribution is 2.37. The van der Waals surface area contributed by atoms with Crippen LogP contribution in [0.3, 0.4) is 0 Å². The predicted molar refractivity (Wildman–Crippen MR) is 89.3 cm³/mol. The highest BCUT2D eigenvalue weighted by atomic mass is 16.5. The fourth-order valence-corrected chi connectivity index (χ4v) is 2.05. The topological polar surface area (TPSA) is 89.4 Å². The number of carbonyl (C=O) groups is 1. The second-order valence-corrected chi connectivity index (χ2v) is 4.71. The Morgan fingerprint density at radius 1 is 1.08 bits per heavy atom. The van der Waals surface area contributed by atoms with Gasteiger partial charge in [0.25, 0.3) is 5.91 Å². The molecule has 24 heavy (non-hydrogen) atoms. The Morgan fingerprint density at radius 2 is 1.75 bits per heavy atom. The summed E-state index contributed by atoms with van der Waals surface area (Å²) in [6.07, 6.45) is 1.45. The molecule has 0 spiro atoms. The van der Waals surface area contributed by atoms with Gasteiger partial charge >= 0.3 is 0 Å². The maximum absolute atomic E-state index is 11.9. The van der Waals surface area contributed by atoms with E-state index in [1.54, 1.807) is 24.3 Å². The van der Waals surface area contributed by atoms with Crippen LogP contribution < -0.4 is 19.6 Å². The minimum absolute atomic E-state index is 0.0104. The van der Waals surface area contributed by atoms with Crippen molar-refractivity contribution in [2.75, 3.05) is 21.3 Å². The molecule has 7 heteroatoms. The molecule has 1 amide bonds. The van der Waals surface area contributed by atoms with E-state index >= 15 is 0 Å². The van der Waals surface area contributed by atoms with E-state index in [4.69, 9.17) is 14.2 Å². The summed E-state index contributed by atoms with van der Waals surface area (Å²) in [6.45, 7) is 0. The molecule has 0 unspecified atom stereocenters. The Balaban J connectivity index is 2.15. The van der Waals surface area contributed by atoms with E-state index in [9.17, 15) is 9.90 Å². The lowest BCUT2D eigenvalue weighted by atomic mass is 10.2. The van der Waals surface area contributed by atoms with Gasteiger partial charge in [-0.05, 0) is 30.3 Å². The van der Waals surface area contributed by atoms with E-state index in [-0.39, 0.29) is 5.75 Å². The molecule has 2 rings (SSSR count). The monoisotopic (exact) mass is 330 g/mol. The summed E-state index contributed by atoms with van der Waals surface area (Å²) in [4.78, 5) is 11.9. The maximum atomic E-state index is 11.9. The second kappa shape index (κ2) is 7.87. The molecule has 0 aliphatic rings. The van der Waals surface area contributed by atoms with Crippen molar-refractivity contribution >= 4 is 12.1 Å². The van der Waals surface area contributed by atoms with Crippen LogP contribution in [-0.4, -0.2) is 38.6 Å². The number of methoxy groups -OCH3 is 3. The number of phenolic OH excluding ortho intramolecular Hbond substituents is 1. The SMILES string of the molecule is COc1cc(/C=N\NC(=O)c2cccc(O)c2)cc(OC)c1OC. The Hall–Kier alpha value is -3.22. The molecular formula is C17H18N2O5. The molecular weight excluding hydrogens is 312 g/mol. The first-order valence-corrected chi connectivity index (χ1v) is 7.01. The number of phenols is 1. The van der Waals surface area contributed by atoms with Crippen molar-refractivity contribution in [1.82, 2.24) is 5.43 Å². The number of hydrazone groups is 1. The van der Waals surface area contributed by atoms with E-state index in [0.717, 1.165) is 0 Å². The zero-order valence-electron chi connectivity index (χ0n) is 13.6. The van der Waals surface area contributed by atoms with Crippen molar-refractivity contribution in [2.45, 2.75) is 0 Å². The van der Waals surface area contributed by atoms with Crippen molar-refractivity contribution in [1.29, 1.82) is 0 Å². The summed E-state index contributed by atoms with van der Waals surface area (Å²) in [5.74, 6) is 1.02. The van der Waals surface area contributed by atoms with Crippen LogP contribution in [0.5, 0.6) is 23.0 Å². The summed E-state index contributed by atoms with van der Waals surface area (Å²) < 4.78 is 15.7. The van der Waals surface area contributed by atoms with E-state index < -0.39 is 5.91 Å². The van der Waals surface area contributed by atoms with Crippen molar-refractivity contribution in [3.8, 4) is 23.0 Å². The molecule has 0 aliphatic heterocycles. The first-order valence-electron chi connectivity index (χ1n) is 7.01.